The molecule has 0 amide bonds. The Labute approximate surface area is 144 Å². The standard InChI is InChI=1S/C15H11F4N5O2/c1-24-11(9-7(16)4-3-5-8(9)17)22-23-12(24)10-13(25-2)20-6-21-14(10)26-15(18)19/h3-6,15H,1-2H3. The van der Waals surface area contributed by atoms with E-state index in [-0.39, 0.29) is 23.1 Å². The molecule has 11 heteroatoms. The monoisotopic (exact) mass is 369 g/mol. The molecule has 0 aliphatic heterocycles. The molecule has 0 unspecified atom stereocenters. The fourth-order valence-corrected chi connectivity index (χ4v) is 2.35. The highest BCUT2D eigenvalue weighted by molar-refractivity contribution is 5.70. The molecule has 1 aromatic carbocycles. The van der Waals surface area contributed by atoms with Crippen LogP contribution >= 0.6 is 0 Å². The summed E-state index contributed by atoms with van der Waals surface area (Å²) in [4.78, 5) is 7.45. The lowest BCUT2D eigenvalue weighted by atomic mass is 10.2. The first-order valence-corrected chi connectivity index (χ1v) is 7.12. The van der Waals surface area contributed by atoms with Crippen LogP contribution < -0.4 is 9.47 Å². The summed E-state index contributed by atoms with van der Waals surface area (Å²) >= 11 is 0. The highest BCUT2D eigenvalue weighted by Gasteiger charge is 2.26. The van der Waals surface area contributed by atoms with E-state index in [4.69, 9.17) is 4.74 Å². The summed E-state index contributed by atoms with van der Waals surface area (Å²) in [7, 11) is 2.65. The molecule has 0 N–H and O–H groups in total. The summed E-state index contributed by atoms with van der Waals surface area (Å²) in [5, 5.41) is 7.57. The number of halogens is 4. The summed E-state index contributed by atoms with van der Waals surface area (Å²) in [6.45, 7) is -3.16. The van der Waals surface area contributed by atoms with Crippen LogP contribution in [0, 0.1) is 11.6 Å². The van der Waals surface area contributed by atoms with Crippen molar-refractivity contribution in [3.8, 4) is 34.5 Å². The zero-order valence-corrected chi connectivity index (χ0v) is 13.5. The number of alkyl halides is 2. The van der Waals surface area contributed by atoms with Crippen LogP contribution in [0.15, 0.2) is 24.5 Å². The van der Waals surface area contributed by atoms with Crippen molar-refractivity contribution in [1.29, 1.82) is 0 Å². The summed E-state index contributed by atoms with van der Waals surface area (Å²) in [5.41, 5.74) is -0.547. The van der Waals surface area contributed by atoms with Gasteiger partial charge in [-0.25, -0.2) is 18.7 Å². The molecule has 3 aromatic rings. The number of ether oxygens (including phenoxy) is 2. The predicted octanol–water partition coefficient (Wildman–Crippen LogP) is 2.83. The highest BCUT2D eigenvalue weighted by atomic mass is 19.3. The van der Waals surface area contributed by atoms with Gasteiger partial charge in [0.1, 0.15) is 23.5 Å². The molecule has 2 heterocycles. The Morgan fingerprint density at radius 3 is 2.12 bits per heavy atom. The number of benzene rings is 1. The number of aromatic nitrogens is 5. The van der Waals surface area contributed by atoms with E-state index in [1.165, 1.54) is 24.8 Å². The molecule has 3 rings (SSSR count). The highest BCUT2D eigenvalue weighted by Crippen LogP contribution is 2.36. The molecule has 2 aromatic heterocycles. The van der Waals surface area contributed by atoms with Crippen LogP contribution in [0.2, 0.25) is 0 Å². The Hall–Kier alpha value is -3.24. The normalized spacial score (nSPS) is 11.0. The molecule has 0 atom stereocenters. The molecule has 7 nitrogen and oxygen atoms in total. The molecule has 0 fully saturated rings. The molecule has 0 saturated heterocycles. The number of hydrogen-bond acceptors (Lipinski definition) is 6. The van der Waals surface area contributed by atoms with Gasteiger partial charge in [0, 0.05) is 7.05 Å². The van der Waals surface area contributed by atoms with Gasteiger partial charge in [0.25, 0.3) is 0 Å². The minimum absolute atomic E-state index is 0.0734. The molecule has 136 valence electrons. The first-order chi connectivity index (χ1) is 12.4. The average molecular weight is 369 g/mol. The maximum atomic E-state index is 14.0. The van der Waals surface area contributed by atoms with E-state index in [2.05, 4.69) is 24.9 Å². The van der Waals surface area contributed by atoms with E-state index in [0.717, 1.165) is 18.5 Å². The van der Waals surface area contributed by atoms with E-state index in [1.54, 1.807) is 0 Å². The van der Waals surface area contributed by atoms with E-state index >= 15 is 0 Å². The third-order valence-electron chi connectivity index (χ3n) is 3.46. The van der Waals surface area contributed by atoms with Crippen molar-refractivity contribution in [2.45, 2.75) is 6.61 Å². The quantitative estimate of drug-likeness (QED) is 0.644. The Morgan fingerprint density at radius 2 is 1.54 bits per heavy atom. The fraction of sp³-hybridized carbons (Fsp3) is 0.200. The van der Waals surface area contributed by atoms with Gasteiger partial charge in [0.15, 0.2) is 11.6 Å². The molecule has 0 radical (unpaired) electrons. The molecule has 0 saturated carbocycles. The van der Waals surface area contributed by atoms with Gasteiger partial charge in [-0.2, -0.15) is 8.78 Å². The molecular weight excluding hydrogens is 358 g/mol. The van der Waals surface area contributed by atoms with Crippen LogP contribution in [0.25, 0.3) is 22.8 Å². The number of hydrogen-bond donors (Lipinski definition) is 0. The van der Waals surface area contributed by atoms with E-state index in [9.17, 15) is 17.6 Å². The molecule has 0 bridgehead atoms. The van der Waals surface area contributed by atoms with Crippen LogP contribution in [0.5, 0.6) is 11.8 Å². The van der Waals surface area contributed by atoms with Gasteiger partial charge in [-0.15, -0.1) is 10.2 Å². The minimum Gasteiger partial charge on any atom is -0.480 e. The lowest BCUT2D eigenvalue weighted by Gasteiger charge is -2.12. The van der Waals surface area contributed by atoms with Gasteiger partial charge < -0.3 is 14.0 Å². The molecule has 26 heavy (non-hydrogen) atoms. The third kappa shape index (κ3) is 3.03. The maximum absolute atomic E-state index is 14.0. The van der Waals surface area contributed by atoms with Crippen molar-refractivity contribution in [2.75, 3.05) is 7.11 Å². The minimum atomic E-state index is -3.16. The Kier molecular flexibility index (Phi) is 4.69. The van der Waals surface area contributed by atoms with Crippen molar-refractivity contribution in [3.05, 3.63) is 36.2 Å². The van der Waals surface area contributed by atoms with Crippen LogP contribution in [0.1, 0.15) is 0 Å². The second kappa shape index (κ2) is 6.94. The van der Waals surface area contributed by atoms with Crippen LogP contribution in [-0.2, 0) is 7.05 Å². The fourth-order valence-electron chi connectivity index (χ4n) is 2.35. The zero-order valence-electron chi connectivity index (χ0n) is 13.5. The van der Waals surface area contributed by atoms with Crippen LogP contribution in [0.3, 0.4) is 0 Å². The SMILES string of the molecule is COc1ncnc(OC(F)F)c1-c1nnc(-c2c(F)cccc2F)n1C. The van der Waals surface area contributed by atoms with Crippen molar-refractivity contribution >= 4 is 0 Å². The van der Waals surface area contributed by atoms with E-state index in [0.29, 0.717) is 0 Å². The zero-order chi connectivity index (χ0) is 18.8. The van der Waals surface area contributed by atoms with Gasteiger partial charge in [-0.3, -0.25) is 0 Å². The first-order valence-electron chi connectivity index (χ1n) is 7.12. The lowest BCUT2D eigenvalue weighted by molar-refractivity contribution is -0.0526. The lowest BCUT2D eigenvalue weighted by Crippen LogP contribution is -2.08. The van der Waals surface area contributed by atoms with E-state index in [1.807, 2.05) is 0 Å². The largest absolute Gasteiger partial charge is 0.480 e. The van der Waals surface area contributed by atoms with Gasteiger partial charge in [0.05, 0.1) is 12.7 Å². The van der Waals surface area contributed by atoms with Gasteiger partial charge in [0.2, 0.25) is 11.8 Å². The van der Waals surface area contributed by atoms with Crippen LogP contribution in [0.4, 0.5) is 17.6 Å². The number of rotatable bonds is 5. The Bertz CT molecular complexity index is 928. The van der Waals surface area contributed by atoms with Crippen molar-refractivity contribution in [2.24, 2.45) is 7.05 Å². The second-order valence-electron chi connectivity index (χ2n) is 4.94. The molecule has 0 spiro atoms. The van der Waals surface area contributed by atoms with Crippen LogP contribution in [-0.4, -0.2) is 38.5 Å². The van der Waals surface area contributed by atoms with Crippen molar-refractivity contribution in [3.63, 3.8) is 0 Å². The van der Waals surface area contributed by atoms with Gasteiger partial charge in [-0.1, -0.05) is 6.07 Å². The summed E-state index contributed by atoms with van der Waals surface area (Å²) in [6.07, 6.45) is 0.966. The predicted molar refractivity (Wildman–Crippen MR) is 80.6 cm³/mol. The summed E-state index contributed by atoms with van der Waals surface area (Å²) in [6, 6.07) is 3.32. The number of nitrogens with zero attached hydrogens (tertiary/aromatic N) is 5. The van der Waals surface area contributed by atoms with Gasteiger partial charge in [-0.05, 0) is 12.1 Å². The van der Waals surface area contributed by atoms with Gasteiger partial charge >= 0.3 is 6.61 Å². The third-order valence-corrected chi connectivity index (χ3v) is 3.46. The summed E-state index contributed by atoms with van der Waals surface area (Å²) in [5.74, 6) is -2.57. The summed E-state index contributed by atoms with van der Waals surface area (Å²) < 4.78 is 64.0. The molecule has 0 aliphatic rings. The molecular formula is C15H11F4N5O2. The number of methoxy groups -OCH3 is 1. The molecule has 0 aliphatic carbocycles. The second-order valence-corrected chi connectivity index (χ2v) is 4.94. The van der Waals surface area contributed by atoms with Crippen molar-refractivity contribution in [1.82, 2.24) is 24.7 Å². The Balaban J connectivity index is 2.20. The maximum Gasteiger partial charge on any atom is 0.388 e. The topological polar surface area (TPSA) is 75.0 Å². The van der Waals surface area contributed by atoms with Crippen molar-refractivity contribution < 1.29 is 27.0 Å². The first kappa shape index (κ1) is 17.6. The Morgan fingerprint density at radius 1 is 0.962 bits per heavy atom. The van der Waals surface area contributed by atoms with E-state index < -0.39 is 29.7 Å². The average Bonchev–Trinajstić information content (AvgIpc) is 2.95. The smallest absolute Gasteiger partial charge is 0.388 e.